The van der Waals surface area contributed by atoms with Crippen LogP contribution in [-0.2, 0) is 21.2 Å². The van der Waals surface area contributed by atoms with Crippen LogP contribution in [0.25, 0.3) is 0 Å². The fourth-order valence-corrected chi connectivity index (χ4v) is 5.02. The van der Waals surface area contributed by atoms with Crippen molar-refractivity contribution in [3.63, 3.8) is 0 Å². The van der Waals surface area contributed by atoms with Gasteiger partial charge in [-0.25, -0.2) is 8.42 Å². The summed E-state index contributed by atoms with van der Waals surface area (Å²) in [7, 11) is -3.02. The molecular weight excluding hydrogens is 455 g/mol. The van der Waals surface area contributed by atoms with Crippen molar-refractivity contribution in [1.29, 1.82) is 0 Å². The summed E-state index contributed by atoms with van der Waals surface area (Å²) in [4.78, 5) is 14.3. The van der Waals surface area contributed by atoms with Crippen molar-refractivity contribution in [2.75, 3.05) is 23.4 Å². The molecule has 1 saturated heterocycles. The number of nitrogens with one attached hydrogen (secondary N) is 1. The molecule has 0 bridgehead atoms. The van der Waals surface area contributed by atoms with Gasteiger partial charge in [-0.1, -0.05) is 0 Å². The third kappa shape index (κ3) is 5.29. The van der Waals surface area contributed by atoms with E-state index in [0.29, 0.717) is 18.7 Å². The Balaban J connectivity index is 1.68. The van der Waals surface area contributed by atoms with Crippen molar-refractivity contribution in [1.82, 2.24) is 4.90 Å². The molecule has 2 heterocycles. The molecule has 3 rings (SSSR count). The number of anilines is 1. The van der Waals surface area contributed by atoms with E-state index in [1.807, 2.05) is 35.2 Å². The molecule has 1 N–H and O–H groups in total. The molecule has 134 valence electrons. The van der Waals surface area contributed by atoms with E-state index in [9.17, 15) is 13.2 Å². The summed E-state index contributed by atoms with van der Waals surface area (Å²) in [5, 5.41) is 2.86. The van der Waals surface area contributed by atoms with Gasteiger partial charge < -0.3 is 9.73 Å². The summed E-state index contributed by atoms with van der Waals surface area (Å²) in [5.41, 5.74) is 0.724. The predicted octanol–water partition coefficient (Wildman–Crippen LogP) is 2.51. The van der Waals surface area contributed by atoms with Crippen molar-refractivity contribution in [3.8, 4) is 0 Å². The minimum atomic E-state index is -3.02. The van der Waals surface area contributed by atoms with Gasteiger partial charge in [0.15, 0.2) is 9.84 Å². The van der Waals surface area contributed by atoms with E-state index in [2.05, 4.69) is 27.9 Å². The molecule has 0 unspecified atom stereocenters. The van der Waals surface area contributed by atoms with Gasteiger partial charge >= 0.3 is 0 Å². The van der Waals surface area contributed by atoms with Gasteiger partial charge in [0.2, 0.25) is 5.91 Å². The number of nitrogens with zero attached hydrogens (tertiary/aromatic N) is 1. The largest absolute Gasteiger partial charge is 0.468 e. The highest BCUT2D eigenvalue weighted by Gasteiger charge is 2.33. The minimum absolute atomic E-state index is 0.0878. The minimum Gasteiger partial charge on any atom is -0.468 e. The Bertz CT molecular complexity index is 819. The molecule has 1 atom stereocenters. The van der Waals surface area contributed by atoms with Crippen molar-refractivity contribution in [2.24, 2.45) is 0 Å². The first-order chi connectivity index (χ1) is 11.9. The smallest absolute Gasteiger partial charge is 0.238 e. The van der Waals surface area contributed by atoms with Crippen LogP contribution in [0.2, 0.25) is 0 Å². The average molecular weight is 474 g/mol. The maximum atomic E-state index is 12.4. The molecule has 6 nitrogen and oxygen atoms in total. The van der Waals surface area contributed by atoms with Crippen LogP contribution in [0, 0.1) is 3.57 Å². The quantitative estimate of drug-likeness (QED) is 0.652. The molecule has 1 aromatic carbocycles. The Kier molecular flexibility index (Phi) is 5.80. The van der Waals surface area contributed by atoms with Crippen molar-refractivity contribution >= 4 is 44.0 Å². The lowest BCUT2D eigenvalue weighted by Gasteiger charge is -2.26. The van der Waals surface area contributed by atoms with Crippen molar-refractivity contribution < 1.29 is 17.6 Å². The van der Waals surface area contributed by atoms with Gasteiger partial charge in [-0.3, -0.25) is 9.69 Å². The first-order valence-corrected chi connectivity index (χ1v) is 10.8. The second kappa shape index (κ2) is 7.88. The molecule has 0 aliphatic carbocycles. The first kappa shape index (κ1) is 18.4. The van der Waals surface area contributed by atoms with E-state index in [1.54, 1.807) is 12.3 Å². The van der Waals surface area contributed by atoms with Crippen LogP contribution < -0.4 is 5.32 Å². The summed E-state index contributed by atoms with van der Waals surface area (Å²) in [6.45, 7) is 0.528. The Morgan fingerprint density at radius 3 is 2.64 bits per heavy atom. The van der Waals surface area contributed by atoms with Crippen LogP contribution in [0.1, 0.15) is 12.2 Å². The molecule has 0 radical (unpaired) electrons. The zero-order chi connectivity index (χ0) is 17.9. The van der Waals surface area contributed by atoms with Crippen molar-refractivity contribution in [2.45, 2.75) is 19.0 Å². The van der Waals surface area contributed by atoms with Crippen LogP contribution in [0.5, 0.6) is 0 Å². The predicted molar refractivity (Wildman–Crippen MR) is 104 cm³/mol. The number of sulfone groups is 1. The summed E-state index contributed by atoms with van der Waals surface area (Å²) >= 11 is 2.20. The molecule has 25 heavy (non-hydrogen) atoms. The highest BCUT2D eigenvalue weighted by Crippen LogP contribution is 2.20. The van der Waals surface area contributed by atoms with Crippen LogP contribution in [0.3, 0.4) is 0 Å². The van der Waals surface area contributed by atoms with Gasteiger partial charge in [0.25, 0.3) is 0 Å². The highest BCUT2D eigenvalue weighted by molar-refractivity contribution is 14.1. The van der Waals surface area contributed by atoms with E-state index in [1.165, 1.54) is 0 Å². The monoisotopic (exact) mass is 474 g/mol. The van der Waals surface area contributed by atoms with E-state index in [0.717, 1.165) is 9.26 Å². The lowest BCUT2D eigenvalue weighted by Crippen LogP contribution is -2.41. The lowest BCUT2D eigenvalue weighted by atomic mass is 10.2. The second-order valence-electron chi connectivity index (χ2n) is 6.10. The highest BCUT2D eigenvalue weighted by atomic mass is 127. The maximum Gasteiger partial charge on any atom is 0.238 e. The number of halogens is 1. The molecule has 0 saturated carbocycles. The summed E-state index contributed by atoms with van der Waals surface area (Å²) in [6, 6.07) is 11.0. The van der Waals surface area contributed by atoms with E-state index in [-0.39, 0.29) is 30.0 Å². The summed E-state index contributed by atoms with van der Waals surface area (Å²) in [5.74, 6) is 0.804. The molecule has 1 aromatic heterocycles. The van der Waals surface area contributed by atoms with Crippen LogP contribution >= 0.6 is 22.6 Å². The number of hydrogen-bond donors (Lipinski definition) is 1. The summed E-state index contributed by atoms with van der Waals surface area (Å²) < 4.78 is 30.1. The average Bonchev–Trinajstić information content (AvgIpc) is 3.18. The zero-order valence-corrected chi connectivity index (χ0v) is 16.5. The third-order valence-corrected chi connectivity index (χ3v) is 6.61. The molecule has 1 fully saturated rings. The molecule has 1 aliphatic rings. The first-order valence-electron chi connectivity index (χ1n) is 7.93. The number of amides is 1. The van der Waals surface area contributed by atoms with E-state index >= 15 is 0 Å². The van der Waals surface area contributed by atoms with Gasteiger partial charge in [0.1, 0.15) is 5.76 Å². The number of carbonyl (C=O) groups is 1. The molecule has 2 aromatic rings. The molecule has 8 heteroatoms. The number of rotatable bonds is 6. The fraction of sp³-hybridized carbons (Fsp3) is 0.353. The van der Waals surface area contributed by atoms with Crippen LogP contribution in [-0.4, -0.2) is 43.3 Å². The maximum absolute atomic E-state index is 12.4. The second-order valence-corrected chi connectivity index (χ2v) is 9.57. The molecule has 1 amide bonds. The normalized spacial score (nSPS) is 19.2. The van der Waals surface area contributed by atoms with Gasteiger partial charge in [0.05, 0.1) is 30.9 Å². The number of furan rings is 1. The summed E-state index contributed by atoms with van der Waals surface area (Å²) in [6.07, 6.45) is 2.12. The van der Waals surface area contributed by atoms with E-state index < -0.39 is 9.84 Å². The fourth-order valence-electron chi connectivity index (χ4n) is 2.90. The Labute approximate surface area is 160 Å². The van der Waals surface area contributed by atoms with Crippen LogP contribution in [0.4, 0.5) is 5.69 Å². The Morgan fingerprint density at radius 2 is 2.04 bits per heavy atom. The third-order valence-electron chi connectivity index (χ3n) is 4.14. The lowest BCUT2D eigenvalue weighted by molar-refractivity contribution is -0.118. The van der Waals surface area contributed by atoms with Gasteiger partial charge in [-0.15, -0.1) is 0 Å². The Morgan fingerprint density at radius 1 is 1.28 bits per heavy atom. The number of hydrogen-bond acceptors (Lipinski definition) is 5. The Hall–Kier alpha value is -1.39. The van der Waals surface area contributed by atoms with Crippen LogP contribution in [0.15, 0.2) is 47.1 Å². The molecule has 1 aliphatic heterocycles. The van der Waals surface area contributed by atoms with Gasteiger partial charge in [-0.05, 0) is 65.4 Å². The topological polar surface area (TPSA) is 79.6 Å². The van der Waals surface area contributed by atoms with Crippen molar-refractivity contribution in [3.05, 3.63) is 52.0 Å². The zero-order valence-electron chi connectivity index (χ0n) is 13.5. The standard InChI is InChI=1S/C17H19IN2O4S/c18-13-3-5-14(6-4-13)19-17(21)11-20(10-16-2-1-8-24-16)15-7-9-25(22,23)12-15/h1-6,8,15H,7,9-12H2,(H,19,21)/t15-/m0/s1. The van der Waals surface area contributed by atoms with Gasteiger partial charge in [-0.2, -0.15) is 0 Å². The van der Waals surface area contributed by atoms with E-state index in [4.69, 9.17) is 4.42 Å². The number of benzene rings is 1. The number of carbonyl (C=O) groups excluding carboxylic acids is 1. The SMILES string of the molecule is O=C(CN(Cc1ccco1)[C@H]1CCS(=O)(=O)C1)Nc1ccc(I)cc1. The molecule has 0 spiro atoms. The van der Waals surface area contributed by atoms with Gasteiger partial charge in [0, 0.05) is 15.3 Å². The molecular formula is C17H19IN2O4S.